The van der Waals surface area contributed by atoms with Crippen molar-refractivity contribution in [1.29, 1.82) is 5.26 Å². The van der Waals surface area contributed by atoms with Crippen molar-refractivity contribution in [2.45, 2.75) is 24.7 Å². The number of benzene rings is 2. The smallest absolute Gasteiger partial charge is 0.248 e. The molecule has 2 aromatic carbocycles. The SMILES string of the molecule is N#Cc1cc(-c2ncnc(Nc3ccc(N4CCN(C5COC5)CC4)c(F)c3)n2)ccc1OC1CCN(C(=O)CO)C[C@H]1F. The maximum atomic E-state index is 15.1. The minimum Gasteiger partial charge on any atom is -0.486 e. The Morgan fingerprint density at radius 2 is 1.95 bits per heavy atom. The normalized spacial score (nSPS) is 21.0. The van der Waals surface area contributed by atoms with Gasteiger partial charge in [-0.05, 0) is 36.4 Å². The van der Waals surface area contributed by atoms with Gasteiger partial charge in [-0.2, -0.15) is 10.2 Å². The van der Waals surface area contributed by atoms with E-state index >= 15 is 4.39 Å². The van der Waals surface area contributed by atoms with E-state index in [2.05, 4.69) is 31.2 Å². The zero-order valence-electron chi connectivity index (χ0n) is 23.9. The van der Waals surface area contributed by atoms with Crippen molar-refractivity contribution in [3.8, 4) is 23.2 Å². The number of amides is 1. The number of hydrogen-bond acceptors (Lipinski definition) is 11. The number of piperidine rings is 1. The molecule has 3 aromatic rings. The van der Waals surface area contributed by atoms with Crippen molar-refractivity contribution in [3.05, 3.63) is 54.1 Å². The van der Waals surface area contributed by atoms with Gasteiger partial charge in [-0.15, -0.1) is 0 Å². The van der Waals surface area contributed by atoms with Crippen LogP contribution in [-0.2, 0) is 9.53 Å². The van der Waals surface area contributed by atoms with E-state index in [0.717, 1.165) is 39.4 Å². The lowest BCUT2D eigenvalue weighted by Gasteiger charge is -2.43. The summed E-state index contributed by atoms with van der Waals surface area (Å²) >= 11 is 0. The van der Waals surface area contributed by atoms with E-state index in [0.29, 0.717) is 23.0 Å². The fourth-order valence-electron chi connectivity index (χ4n) is 5.59. The lowest BCUT2D eigenvalue weighted by molar-refractivity contribution is -0.138. The molecular formula is C30H32F2N8O4. The molecule has 0 aliphatic carbocycles. The third-order valence-electron chi connectivity index (χ3n) is 8.17. The zero-order valence-corrected chi connectivity index (χ0v) is 23.9. The molecule has 0 bridgehead atoms. The highest BCUT2D eigenvalue weighted by molar-refractivity contribution is 5.77. The summed E-state index contributed by atoms with van der Waals surface area (Å²) in [5.74, 6) is -0.211. The summed E-state index contributed by atoms with van der Waals surface area (Å²) in [6.45, 7) is 4.13. The van der Waals surface area contributed by atoms with Gasteiger partial charge >= 0.3 is 0 Å². The third kappa shape index (κ3) is 6.40. The number of halogens is 2. The number of nitrogens with zero attached hydrogens (tertiary/aromatic N) is 7. The maximum Gasteiger partial charge on any atom is 0.248 e. The third-order valence-corrected chi connectivity index (χ3v) is 8.17. The second kappa shape index (κ2) is 13.0. The van der Waals surface area contributed by atoms with Gasteiger partial charge < -0.3 is 29.7 Å². The molecule has 1 amide bonds. The van der Waals surface area contributed by atoms with Gasteiger partial charge in [0.25, 0.3) is 0 Å². The molecule has 44 heavy (non-hydrogen) atoms. The number of alkyl halides is 1. The molecular weight excluding hydrogens is 574 g/mol. The number of aromatic nitrogens is 3. The molecule has 12 nitrogen and oxygen atoms in total. The number of carbonyl (C=O) groups excluding carboxylic acids is 1. The van der Waals surface area contributed by atoms with Crippen LogP contribution in [0.15, 0.2) is 42.7 Å². The molecule has 3 aliphatic heterocycles. The highest BCUT2D eigenvalue weighted by atomic mass is 19.1. The van der Waals surface area contributed by atoms with E-state index in [4.69, 9.17) is 14.6 Å². The number of ether oxygens (including phenoxy) is 2. The van der Waals surface area contributed by atoms with Crippen molar-refractivity contribution >= 4 is 23.2 Å². The highest BCUT2D eigenvalue weighted by Crippen LogP contribution is 2.29. The number of aliphatic hydroxyl groups excluding tert-OH is 1. The molecule has 1 unspecified atom stereocenters. The van der Waals surface area contributed by atoms with Gasteiger partial charge in [-0.1, -0.05) is 0 Å². The summed E-state index contributed by atoms with van der Waals surface area (Å²) in [7, 11) is 0. The van der Waals surface area contributed by atoms with Crippen molar-refractivity contribution in [3.63, 3.8) is 0 Å². The second-order valence-electron chi connectivity index (χ2n) is 10.9. The number of nitriles is 1. The molecule has 3 fully saturated rings. The largest absolute Gasteiger partial charge is 0.486 e. The minimum absolute atomic E-state index is 0.165. The quantitative estimate of drug-likeness (QED) is 0.390. The van der Waals surface area contributed by atoms with Gasteiger partial charge in [0.05, 0.1) is 37.1 Å². The van der Waals surface area contributed by atoms with E-state index in [1.165, 1.54) is 23.4 Å². The Bertz CT molecular complexity index is 1540. The van der Waals surface area contributed by atoms with Crippen LogP contribution in [0.4, 0.5) is 26.1 Å². The molecule has 6 rings (SSSR count). The molecule has 2 atom stereocenters. The van der Waals surface area contributed by atoms with Gasteiger partial charge in [-0.3, -0.25) is 9.69 Å². The van der Waals surface area contributed by atoms with Crippen LogP contribution in [0.1, 0.15) is 12.0 Å². The van der Waals surface area contributed by atoms with E-state index in [9.17, 15) is 14.4 Å². The Morgan fingerprint density at radius 1 is 1.14 bits per heavy atom. The summed E-state index contributed by atoms with van der Waals surface area (Å²) in [6.07, 6.45) is -0.786. The number of hydrogen-bond donors (Lipinski definition) is 2. The summed E-state index contributed by atoms with van der Waals surface area (Å²) < 4.78 is 41.0. The number of piperazine rings is 1. The first-order chi connectivity index (χ1) is 21.4. The Kier molecular flexibility index (Phi) is 8.78. The summed E-state index contributed by atoms with van der Waals surface area (Å²) in [5, 5.41) is 21.8. The first-order valence-corrected chi connectivity index (χ1v) is 14.5. The van der Waals surface area contributed by atoms with Crippen LogP contribution in [-0.4, -0.2) is 113 Å². The van der Waals surface area contributed by atoms with Crippen molar-refractivity contribution in [1.82, 2.24) is 24.8 Å². The zero-order chi connectivity index (χ0) is 30.6. The minimum atomic E-state index is -1.47. The number of likely N-dealkylation sites (tertiary alicyclic amines) is 1. The van der Waals surface area contributed by atoms with Crippen LogP contribution in [0.3, 0.4) is 0 Å². The van der Waals surface area contributed by atoms with Gasteiger partial charge in [0.2, 0.25) is 11.9 Å². The molecule has 1 aromatic heterocycles. The van der Waals surface area contributed by atoms with Crippen molar-refractivity contribution < 1.29 is 28.2 Å². The number of rotatable bonds is 8. The van der Waals surface area contributed by atoms with E-state index < -0.39 is 24.8 Å². The summed E-state index contributed by atoms with van der Waals surface area (Å²) in [5.41, 5.74) is 1.69. The molecule has 0 saturated carbocycles. The van der Waals surface area contributed by atoms with Gasteiger partial charge in [-0.25, -0.2) is 18.7 Å². The first-order valence-electron chi connectivity index (χ1n) is 14.5. The predicted molar refractivity (Wildman–Crippen MR) is 156 cm³/mol. The van der Waals surface area contributed by atoms with Crippen LogP contribution in [0.5, 0.6) is 5.75 Å². The predicted octanol–water partition coefficient (Wildman–Crippen LogP) is 2.12. The number of anilines is 3. The fraction of sp³-hybridized carbons (Fsp3) is 0.433. The van der Waals surface area contributed by atoms with Gasteiger partial charge in [0.15, 0.2) is 12.0 Å². The maximum absolute atomic E-state index is 15.1. The first kappa shape index (κ1) is 29.6. The van der Waals surface area contributed by atoms with Crippen LogP contribution in [0.25, 0.3) is 11.4 Å². The monoisotopic (exact) mass is 606 g/mol. The molecule has 4 heterocycles. The average Bonchev–Trinajstić information content (AvgIpc) is 3.01. The molecule has 14 heteroatoms. The van der Waals surface area contributed by atoms with Crippen LogP contribution in [0, 0.1) is 17.1 Å². The Balaban J connectivity index is 1.10. The molecule has 2 N–H and O–H groups in total. The lowest BCUT2D eigenvalue weighted by atomic mass is 10.0. The van der Waals surface area contributed by atoms with E-state index in [-0.39, 0.29) is 48.4 Å². The van der Waals surface area contributed by atoms with Crippen LogP contribution < -0.4 is 15.0 Å². The Hall–Kier alpha value is -4.45. The molecule has 0 radical (unpaired) electrons. The fourth-order valence-corrected chi connectivity index (χ4v) is 5.59. The average molecular weight is 607 g/mol. The van der Waals surface area contributed by atoms with Crippen molar-refractivity contribution in [2.24, 2.45) is 0 Å². The molecule has 3 saturated heterocycles. The number of carbonyl (C=O) groups is 1. The standard InChI is InChI=1S/C30H32F2N8O4/c31-23-12-21(2-3-25(23)39-9-7-38(8-10-39)22-16-43-17-22)36-30-35-18-34-29(37-30)19-1-4-26(20(11-19)13-33)44-27-5-6-40(14-24(27)32)28(42)15-41/h1-4,11-12,18,22,24,27,41H,5-10,14-17H2,(H,34,35,36,37)/t24-,27?/m1/s1. The van der Waals surface area contributed by atoms with E-state index in [1.807, 2.05) is 4.90 Å². The van der Waals surface area contributed by atoms with Crippen molar-refractivity contribution in [2.75, 3.05) is 69.3 Å². The number of nitrogens with one attached hydrogen (secondary N) is 1. The molecule has 230 valence electrons. The second-order valence-corrected chi connectivity index (χ2v) is 10.9. The van der Waals surface area contributed by atoms with E-state index in [1.54, 1.807) is 24.3 Å². The Morgan fingerprint density at radius 3 is 2.64 bits per heavy atom. The van der Waals surface area contributed by atoms with Crippen LogP contribution in [0.2, 0.25) is 0 Å². The highest BCUT2D eigenvalue weighted by Gasteiger charge is 2.33. The van der Waals surface area contributed by atoms with Gasteiger partial charge in [0, 0.05) is 50.4 Å². The number of aliphatic hydroxyl groups is 1. The molecule has 0 spiro atoms. The topological polar surface area (TPSA) is 140 Å². The van der Waals surface area contributed by atoms with Gasteiger partial charge in [0.1, 0.15) is 36.7 Å². The summed E-state index contributed by atoms with van der Waals surface area (Å²) in [6, 6.07) is 12.2. The molecule has 3 aliphatic rings. The summed E-state index contributed by atoms with van der Waals surface area (Å²) in [4.78, 5) is 30.2. The Labute approximate surface area is 252 Å². The van der Waals surface area contributed by atoms with Crippen LogP contribution >= 0.6 is 0 Å². The lowest BCUT2D eigenvalue weighted by Crippen LogP contribution is -2.56.